The Morgan fingerprint density at radius 1 is 1.03 bits per heavy atom. The van der Waals surface area contributed by atoms with Crippen LogP contribution < -0.4 is 5.73 Å². The summed E-state index contributed by atoms with van der Waals surface area (Å²) in [5.41, 5.74) is 7.24. The summed E-state index contributed by atoms with van der Waals surface area (Å²) in [5, 5.41) is -0.250. The minimum absolute atomic E-state index is 0.0122. The lowest BCUT2D eigenvalue weighted by molar-refractivity contribution is -0.132. The van der Waals surface area contributed by atoms with Gasteiger partial charge in [-0.25, -0.2) is 0 Å². The van der Waals surface area contributed by atoms with Gasteiger partial charge < -0.3 is 20.1 Å². The van der Waals surface area contributed by atoms with Crippen LogP contribution in [0.25, 0.3) is 5.69 Å². The van der Waals surface area contributed by atoms with Crippen LogP contribution in [0.2, 0.25) is 0 Å². The second-order valence-electron chi connectivity index (χ2n) is 9.06. The average Bonchev–Trinajstić information content (AvgIpc) is 3.55. The molecular weight excluding hydrogens is 438 g/mol. The number of benzene rings is 1. The Labute approximate surface area is 196 Å². The summed E-state index contributed by atoms with van der Waals surface area (Å²) in [6.45, 7) is 2.76. The first-order chi connectivity index (χ1) is 15.9. The fraction of sp³-hybridized carbons (Fsp3) is 0.417. The van der Waals surface area contributed by atoms with Gasteiger partial charge in [0, 0.05) is 45.0 Å². The lowest BCUT2D eigenvalue weighted by Crippen LogP contribution is -2.45. The number of amidine groups is 1. The molecule has 0 radical (unpaired) electrons. The molecule has 1 atom stereocenters. The summed E-state index contributed by atoms with van der Waals surface area (Å²) < 4.78 is 1.96. The molecule has 1 spiro atoms. The number of para-hydroxylation sites is 1. The van der Waals surface area contributed by atoms with E-state index in [0.29, 0.717) is 31.7 Å². The lowest BCUT2D eigenvalue weighted by Gasteiger charge is -2.39. The number of likely N-dealkylation sites (tertiary alicyclic amines) is 2. The van der Waals surface area contributed by atoms with Crippen LogP contribution in [0.5, 0.6) is 0 Å². The van der Waals surface area contributed by atoms with E-state index in [2.05, 4.69) is 4.99 Å². The molecule has 9 heteroatoms. The normalized spacial score (nSPS) is 22.1. The van der Waals surface area contributed by atoms with E-state index in [4.69, 9.17) is 5.73 Å². The number of aliphatic imine (C=N–C) groups is 1. The zero-order valence-electron chi connectivity index (χ0n) is 18.4. The molecule has 2 fully saturated rings. The van der Waals surface area contributed by atoms with Gasteiger partial charge in [0.15, 0.2) is 5.17 Å². The van der Waals surface area contributed by atoms with Gasteiger partial charge in [-0.05, 0) is 48.9 Å². The highest BCUT2D eigenvalue weighted by Gasteiger charge is 2.43. The molecule has 2 N–H and O–H groups in total. The highest BCUT2D eigenvalue weighted by molar-refractivity contribution is 8.15. The molecule has 172 valence electrons. The minimum atomic E-state index is -0.492. The number of amides is 3. The molecule has 3 aliphatic rings. The van der Waals surface area contributed by atoms with Crippen molar-refractivity contribution in [3.8, 4) is 5.69 Å². The zero-order chi connectivity index (χ0) is 23.0. The highest BCUT2D eigenvalue weighted by atomic mass is 32.2. The number of nitrogens with zero attached hydrogens (tertiary/aromatic N) is 4. The first-order valence-electron chi connectivity index (χ1n) is 11.3. The van der Waals surface area contributed by atoms with Gasteiger partial charge in [-0.15, -0.1) is 0 Å². The summed E-state index contributed by atoms with van der Waals surface area (Å²) in [4.78, 5) is 45.5. The predicted octanol–water partition coefficient (Wildman–Crippen LogP) is 2.28. The maximum atomic E-state index is 13.3. The van der Waals surface area contributed by atoms with E-state index in [1.165, 1.54) is 11.8 Å². The number of piperidine rings is 1. The Morgan fingerprint density at radius 3 is 2.36 bits per heavy atom. The van der Waals surface area contributed by atoms with Crippen LogP contribution in [-0.2, 0) is 9.59 Å². The number of hydrogen-bond acceptors (Lipinski definition) is 5. The van der Waals surface area contributed by atoms with Crippen molar-refractivity contribution in [3.05, 3.63) is 54.4 Å². The monoisotopic (exact) mass is 465 g/mol. The smallest absolute Gasteiger partial charge is 0.262 e. The molecule has 0 aliphatic carbocycles. The van der Waals surface area contributed by atoms with Crippen molar-refractivity contribution in [2.75, 3.05) is 26.2 Å². The molecule has 8 nitrogen and oxygen atoms in total. The summed E-state index contributed by atoms with van der Waals surface area (Å²) in [6.07, 6.45) is 6.72. The van der Waals surface area contributed by atoms with Crippen molar-refractivity contribution >= 4 is 34.7 Å². The molecular formula is C24H27N5O3S. The lowest BCUT2D eigenvalue weighted by atomic mass is 9.77. The van der Waals surface area contributed by atoms with E-state index in [0.717, 1.165) is 24.9 Å². The van der Waals surface area contributed by atoms with Crippen LogP contribution in [0.1, 0.15) is 36.0 Å². The van der Waals surface area contributed by atoms with Crippen molar-refractivity contribution in [2.45, 2.75) is 30.9 Å². The molecule has 2 aromatic rings. The van der Waals surface area contributed by atoms with Crippen LogP contribution in [0.3, 0.4) is 0 Å². The molecule has 3 amide bonds. The summed E-state index contributed by atoms with van der Waals surface area (Å²) >= 11 is 1.17. The van der Waals surface area contributed by atoms with Gasteiger partial charge in [0.25, 0.3) is 11.8 Å². The standard InChI is InChI=1S/C24H27N5O3S/c25-23-26-21(31)19(33-23)15-20(30)29-14-9-24(16-29)7-12-28(13-8-24)22(32)17-5-1-2-6-18(17)27-10-3-4-11-27/h1-6,10-11,19H,7-9,12-16H2,(H2,25,26,31). The second kappa shape index (κ2) is 8.70. The predicted molar refractivity (Wildman–Crippen MR) is 127 cm³/mol. The Bertz CT molecular complexity index is 1110. The number of hydrogen-bond donors (Lipinski definition) is 1. The topological polar surface area (TPSA) is 101 Å². The molecule has 2 saturated heterocycles. The third kappa shape index (κ3) is 4.29. The number of thioether (sulfide) groups is 1. The molecule has 1 aromatic heterocycles. The molecule has 0 saturated carbocycles. The van der Waals surface area contributed by atoms with Gasteiger partial charge in [0.2, 0.25) is 5.91 Å². The van der Waals surface area contributed by atoms with Crippen molar-refractivity contribution in [1.29, 1.82) is 0 Å². The third-order valence-corrected chi connectivity index (χ3v) is 8.02. The number of rotatable bonds is 4. The summed E-state index contributed by atoms with van der Waals surface area (Å²) in [5.74, 6) is -0.275. The van der Waals surface area contributed by atoms with E-state index in [1.807, 2.05) is 63.2 Å². The van der Waals surface area contributed by atoms with Gasteiger partial charge in [0.1, 0.15) is 5.25 Å². The highest BCUT2D eigenvalue weighted by Crippen LogP contribution is 2.41. The largest absolute Gasteiger partial charge is 0.378 e. The molecule has 0 bridgehead atoms. The molecule has 4 heterocycles. The van der Waals surface area contributed by atoms with Crippen molar-refractivity contribution in [2.24, 2.45) is 16.1 Å². The van der Waals surface area contributed by atoms with E-state index in [9.17, 15) is 14.4 Å². The van der Waals surface area contributed by atoms with Gasteiger partial charge in [-0.2, -0.15) is 4.99 Å². The molecule has 33 heavy (non-hydrogen) atoms. The van der Waals surface area contributed by atoms with Crippen molar-refractivity contribution in [1.82, 2.24) is 14.4 Å². The van der Waals surface area contributed by atoms with Crippen molar-refractivity contribution < 1.29 is 14.4 Å². The fourth-order valence-electron chi connectivity index (χ4n) is 5.11. The second-order valence-corrected chi connectivity index (χ2v) is 10.3. The third-order valence-electron chi connectivity index (χ3n) is 7.04. The maximum absolute atomic E-state index is 13.3. The van der Waals surface area contributed by atoms with Crippen LogP contribution >= 0.6 is 11.8 Å². The van der Waals surface area contributed by atoms with Crippen LogP contribution in [0.15, 0.2) is 53.8 Å². The van der Waals surface area contributed by atoms with Crippen LogP contribution in [-0.4, -0.2) is 68.7 Å². The number of carbonyl (C=O) groups excluding carboxylic acids is 3. The molecule has 3 aliphatic heterocycles. The SMILES string of the molecule is NC1=NC(=O)C(CC(=O)N2CCC3(CCN(C(=O)c4ccccc4-n4cccc4)CC3)C2)S1. The maximum Gasteiger partial charge on any atom is 0.262 e. The number of carbonyl (C=O) groups is 3. The van der Waals surface area contributed by atoms with Gasteiger partial charge in [-0.3, -0.25) is 14.4 Å². The van der Waals surface area contributed by atoms with Gasteiger partial charge >= 0.3 is 0 Å². The minimum Gasteiger partial charge on any atom is -0.378 e. The van der Waals surface area contributed by atoms with Gasteiger partial charge in [-0.1, -0.05) is 23.9 Å². The average molecular weight is 466 g/mol. The number of aromatic nitrogens is 1. The Morgan fingerprint density at radius 2 is 1.70 bits per heavy atom. The van der Waals surface area contributed by atoms with Gasteiger partial charge in [0.05, 0.1) is 11.3 Å². The van der Waals surface area contributed by atoms with E-state index in [1.54, 1.807) is 0 Å². The van der Waals surface area contributed by atoms with Crippen LogP contribution in [0, 0.1) is 5.41 Å². The first-order valence-corrected chi connectivity index (χ1v) is 12.2. The Hall–Kier alpha value is -3.07. The number of nitrogens with two attached hydrogens (primary N) is 1. The van der Waals surface area contributed by atoms with Crippen LogP contribution in [0.4, 0.5) is 0 Å². The zero-order valence-corrected chi connectivity index (χ0v) is 19.2. The molecule has 1 aromatic carbocycles. The summed E-state index contributed by atoms with van der Waals surface area (Å²) in [6, 6.07) is 11.6. The Kier molecular flexibility index (Phi) is 5.74. The van der Waals surface area contributed by atoms with Crippen molar-refractivity contribution in [3.63, 3.8) is 0 Å². The molecule has 1 unspecified atom stereocenters. The fourth-order valence-corrected chi connectivity index (χ4v) is 5.92. The van der Waals surface area contributed by atoms with E-state index in [-0.39, 0.29) is 34.7 Å². The quantitative estimate of drug-likeness (QED) is 0.747. The molecule has 5 rings (SSSR count). The van der Waals surface area contributed by atoms with E-state index < -0.39 is 5.25 Å². The van der Waals surface area contributed by atoms with E-state index >= 15 is 0 Å². The first kappa shape index (κ1) is 21.8. The summed E-state index contributed by atoms with van der Waals surface area (Å²) in [7, 11) is 0. The Balaban J connectivity index is 1.19.